The molecule has 0 bridgehead atoms. The average Bonchev–Trinajstić information content (AvgIpc) is 2.44. The molecule has 1 aromatic carbocycles. The van der Waals surface area contributed by atoms with Crippen LogP contribution in [0.4, 0.5) is 13.2 Å². The number of alkyl halides is 3. The third-order valence-electron chi connectivity index (χ3n) is 2.81. The van der Waals surface area contributed by atoms with Gasteiger partial charge in [-0.3, -0.25) is 4.79 Å². The summed E-state index contributed by atoms with van der Waals surface area (Å²) in [4.78, 5) is 10.5. The standard InChI is InChI=1S/C12H16F3N3O4S/c13-12(14,15)9-3-1-8(2-4-9)7-18-23(21,22)17-6-5-10(16)11(19)20/h1-4,10,17-18H,5-7,16H2,(H,19,20)/t10-/m0/s1. The third kappa shape index (κ3) is 6.95. The molecule has 0 aliphatic carbocycles. The van der Waals surface area contributed by atoms with E-state index in [1.165, 1.54) is 0 Å². The van der Waals surface area contributed by atoms with Crippen LogP contribution in [0.15, 0.2) is 24.3 Å². The highest BCUT2D eigenvalue weighted by Gasteiger charge is 2.29. The minimum atomic E-state index is -4.46. The average molecular weight is 355 g/mol. The summed E-state index contributed by atoms with van der Waals surface area (Å²) in [5, 5.41) is 8.55. The highest BCUT2D eigenvalue weighted by molar-refractivity contribution is 7.87. The van der Waals surface area contributed by atoms with Gasteiger partial charge in [0, 0.05) is 13.1 Å². The van der Waals surface area contributed by atoms with E-state index in [0.717, 1.165) is 24.3 Å². The normalized spacial score (nSPS) is 13.7. The fraction of sp³-hybridized carbons (Fsp3) is 0.417. The van der Waals surface area contributed by atoms with Gasteiger partial charge in [-0.2, -0.15) is 26.3 Å². The Labute approximate surface area is 130 Å². The first kappa shape index (κ1) is 19.4. The summed E-state index contributed by atoms with van der Waals surface area (Å²) in [5.41, 5.74) is 4.72. The molecule has 0 saturated carbocycles. The molecule has 130 valence electrons. The van der Waals surface area contributed by atoms with Crippen molar-refractivity contribution in [1.82, 2.24) is 9.44 Å². The molecular weight excluding hydrogens is 339 g/mol. The minimum Gasteiger partial charge on any atom is -0.480 e. The van der Waals surface area contributed by atoms with Gasteiger partial charge in [-0.05, 0) is 24.1 Å². The fourth-order valence-corrected chi connectivity index (χ4v) is 2.36. The van der Waals surface area contributed by atoms with Crippen molar-refractivity contribution in [3.63, 3.8) is 0 Å². The number of rotatable bonds is 8. The summed E-state index contributed by atoms with van der Waals surface area (Å²) < 4.78 is 64.5. The molecule has 0 fully saturated rings. The van der Waals surface area contributed by atoms with E-state index in [1.807, 2.05) is 0 Å². The van der Waals surface area contributed by atoms with Crippen molar-refractivity contribution in [3.05, 3.63) is 35.4 Å². The van der Waals surface area contributed by atoms with Gasteiger partial charge in [-0.1, -0.05) is 12.1 Å². The largest absolute Gasteiger partial charge is 0.480 e. The molecule has 0 unspecified atom stereocenters. The van der Waals surface area contributed by atoms with Crippen LogP contribution < -0.4 is 15.2 Å². The molecule has 5 N–H and O–H groups in total. The summed E-state index contributed by atoms with van der Waals surface area (Å²) in [6.45, 7) is -0.395. The predicted octanol–water partition coefficient (Wildman–Crippen LogP) is 0.431. The number of benzene rings is 1. The van der Waals surface area contributed by atoms with E-state index >= 15 is 0 Å². The lowest BCUT2D eigenvalue weighted by molar-refractivity contribution is -0.139. The number of carboxylic acid groups (broad SMARTS) is 1. The van der Waals surface area contributed by atoms with Crippen LogP contribution in [0.5, 0.6) is 0 Å². The molecule has 0 aliphatic rings. The molecule has 0 heterocycles. The molecule has 0 radical (unpaired) electrons. The first-order chi connectivity index (χ1) is 10.5. The monoisotopic (exact) mass is 355 g/mol. The van der Waals surface area contributed by atoms with E-state index in [9.17, 15) is 26.4 Å². The van der Waals surface area contributed by atoms with Crippen LogP contribution in [0.25, 0.3) is 0 Å². The molecular formula is C12H16F3N3O4S. The number of halogens is 3. The van der Waals surface area contributed by atoms with E-state index < -0.39 is 34.0 Å². The van der Waals surface area contributed by atoms with Crippen LogP contribution in [0.1, 0.15) is 17.5 Å². The minimum absolute atomic E-state index is 0.101. The Morgan fingerprint density at radius 1 is 1.22 bits per heavy atom. The van der Waals surface area contributed by atoms with Crippen molar-refractivity contribution in [2.45, 2.75) is 25.2 Å². The maximum absolute atomic E-state index is 12.4. The van der Waals surface area contributed by atoms with E-state index in [0.29, 0.717) is 5.56 Å². The summed E-state index contributed by atoms with van der Waals surface area (Å²) in [7, 11) is -3.91. The molecule has 1 aromatic rings. The molecule has 0 aromatic heterocycles. The summed E-state index contributed by atoms with van der Waals surface area (Å²) in [6, 6.07) is 2.83. The van der Waals surface area contributed by atoms with E-state index in [4.69, 9.17) is 10.8 Å². The summed E-state index contributed by atoms with van der Waals surface area (Å²) in [5.74, 6) is -1.25. The molecule has 0 aliphatic heterocycles. The Kier molecular flexibility index (Phi) is 6.50. The zero-order chi connectivity index (χ0) is 17.7. The molecule has 0 saturated heterocycles. The van der Waals surface area contributed by atoms with Crippen LogP contribution in [-0.2, 0) is 27.7 Å². The molecule has 7 nitrogen and oxygen atoms in total. The zero-order valence-corrected chi connectivity index (χ0v) is 12.6. The van der Waals surface area contributed by atoms with Crippen molar-refractivity contribution in [3.8, 4) is 0 Å². The molecule has 1 rings (SSSR count). The molecule has 23 heavy (non-hydrogen) atoms. The van der Waals surface area contributed by atoms with Crippen molar-refractivity contribution in [2.75, 3.05) is 6.54 Å². The first-order valence-corrected chi connectivity index (χ1v) is 7.88. The highest BCUT2D eigenvalue weighted by atomic mass is 32.2. The molecule has 0 amide bonds. The predicted molar refractivity (Wildman–Crippen MR) is 75.4 cm³/mol. The number of hydrogen-bond donors (Lipinski definition) is 4. The van der Waals surface area contributed by atoms with Gasteiger partial charge in [0.05, 0.1) is 5.56 Å². The Morgan fingerprint density at radius 2 is 1.78 bits per heavy atom. The zero-order valence-electron chi connectivity index (χ0n) is 11.8. The maximum atomic E-state index is 12.4. The SMILES string of the molecule is N[C@@H](CCNS(=O)(=O)NCc1ccc(C(F)(F)F)cc1)C(=O)O. The van der Waals surface area contributed by atoms with Crippen LogP contribution in [0, 0.1) is 0 Å². The number of carbonyl (C=O) groups is 1. The van der Waals surface area contributed by atoms with E-state index in [1.54, 1.807) is 0 Å². The van der Waals surface area contributed by atoms with Gasteiger partial charge in [-0.25, -0.2) is 4.72 Å². The van der Waals surface area contributed by atoms with Gasteiger partial charge >= 0.3 is 12.1 Å². The van der Waals surface area contributed by atoms with Gasteiger partial charge < -0.3 is 10.8 Å². The topological polar surface area (TPSA) is 122 Å². The first-order valence-electron chi connectivity index (χ1n) is 6.40. The van der Waals surface area contributed by atoms with Crippen LogP contribution >= 0.6 is 0 Å². The number of nitrogens with two attached hydrogens (primary N) is 1. The van der Waals surface area contributed by atoms with Gasteiger partial charge in [0.25, 0.3) is 10.2 Å². The smallest absolute Gasteiger partial charge is 0.416 e. The van der Waals surface area contributed by atoms with E-state index in [2.05, 4.69) is 9.44 Å². The summed E-state index contributed by atoms with van der Waals surface area (Å²) >= 11 is 0. The Morgan fingerprint density at radius 3 is 2.26 bits per heavy atom. The second-order valence-corrected chi connectivity index (χ2v) is 6.23. The lowest BCUT2D eigenvalue weighted by atomic mass is 10.1. The lowest BCUT2D eigenvalue weighted by Gasteiger charge is -2.11. The maximum Gasteiger partial charge on any atom is 0.416 e. The van der Waals surface area contributed by atoms with Crippen LogP contribution in [0.3, 0.4) is 0 Å². The number of hydrogen-bond acceptors (Lipinski definition) is 4. The Balaban J connectivity index is 2.48. The van der Waals surface area contributed by atoms with Crippen molar-refractivity contribution in [1.29, 1.82) is 0 Å². The van der Waals surface area contributed by atoms with Gasteiger partial charge in [0.2, 0.25) is 0 Å². The molecule has 0 spiro atoms. The van der Waals surface area contributed by atoms with Crippen molar-refractivity contribution >= 4 is 16.2 Å². The lowest BCUT2D eigenvalue weighted by Crippen LogP contribution is -2.40. The third-order valence-corrected chi connectivity index (χ3v) is 3.92. The number of nitrogens with one attached hydrogen (secondary N) is 2. The number of carboxylic acids is 1. The Bertz CT molecular complexity index is 632. The molecule has 1 atom stereocenters. The highest BCUT2D eigenvalue weighted by Crippen LogP contribution is 2.29. The van der Waals surface area contributed by atoms with Crippen molar-refractivity contribution < 1.29 is 31.5 Å². The van der Waals surface area contributed by atoms with Crippen LogP contribution in [0.2, 0.25) is 0 Å². The quantitative estimate of drug-likeness (QED) is 0.539. The van der Waals surface area contributed by atoms with Gasteiger partial charge in [-0.15, -0.1) is 0 Å². The van der Waals surface area contributed by atoms with Gasteiger partial charge in [0.1, 0.15) is 6.04 Å². The molecule has 11 heteroatoms. The second kappa shape index (κ2) is 7.73. The fourth-order valence-electron chi connectivity index (χ4n) is 1.51. The van der Waals surface area contributed by atoms with Crippen molar-refractivity contribution in [2.24, 2.45) is 5.73 Å². The number of aliphatic carboxylic acids is 1. The van der Waals surface area contributed by atoms with E-state index in [-0.39, 0.29) is 19.5 Å². The Hall–Kier alpha value is -1.69. The van der Waals surface area contributed by atoms with Gasteiger partial charge in [0.15, 0.2) is 0 Å². The second-order valence-electron chi connectivity index (χ2n) is 4.65. The van der Waals surface area contributed by atoms with Crippen LogP contribution in [-0.4, -0.2) is 32.1 Å². The summed E-state index contributed by atoms with van der Waals surface area (Å²) in [6.07, 6.45) is -4.56.